The average molecular weight is 237 g/mol. The summed E-state index contributed by atoms with van der Waals surface area (Å²) < 4.78 is 10.5. The Labute approximate surface area is 101 Å². The molecule has 0 saturated carbocycles. The number of aryl methyl sites for hydroxylation is 2. The van der Waals surface area contributed by atoms with E-state index in [-0.39, 0.29) is 5.84 Å². The number of nitrogens with two attached hydrogens (primary N) is 1. The predicted molar refractivity (Wildman–Crippen MR) is 66.7 cm³/mol. The maximum absolute atomic E-state index is 7.54. The summed E-state index contributed by atoms with van der Waals surface area (Å²) in [7, 11) is 1.65. The zero-order valence-corrected chi connectivity index (χ0v) is 10.5. The summed E-state index contributed by atoms with van der Waals surface area (Å²) in [5.74, 6) is 0.419. The van der Waals surface area contributed by atoms with Gasteiger partial charge in [-0.2, -0.15) is 0 Å². The molecule has 0 fully saturated rings. The number of amidine groups is 1. The number of aromatic nitrogens is 1. The fraction of sp³-hybridized carbons (Fsp3) is 0.500. The molecule has 0 atom stereocenters. The highest BCUT2D eigenvalue weighted by molar-refractivity contribution is 5.98. The maximum Gasteiger partial charge on any atom is 0.225 e. The zero-order chi connectivity index (χ0) is 12.8. The highest BCUT2D eigenvalue weighted by Gasteiger charge is 2.12. The molecular formula is C12H19N3O2. The summed E-state index contributed by atoms with van der Waals surface area (Å²) in [4.78, 5) is 4.27. The molecule has 0 aliphatic heterocycles. The Bertz CT molecular complexity index is 405. The monoisotopic (exact) mass is 237 g/mol. The van der Waals surface area contributed by atoms with Crippen LogP contribution >= 0.6 is 0 Å². The molecule has 0 spiro atoms. The highest BCUT2D eigenvalue weighted by Crippen LogP contribution is 2.20. The van der Waals surface area contributed by atoms with Crippen LogP contribution in [0.4, 0.5) is 0 Å². The average Bonchev–Trinajstić information content (AvgIpc) is 2.22. The van der Waals surface area contributed by atoms with Gasteiger partial charge in [0, 0.05) is 25.8 Å². The lowest BCUT2D eigenvalue weighted by molar-refractivity contribution is 0.170. The SMILES string of the molecule is COCCCOc1nc(C)cc(C)c1C(=N)N. The van der Waals surface area contributed by atoms with Gasteiger partial charge in [-0.25, -0.2) is 4.98 Å². The van der Waals surface area contributed by atoms with E-state index < -0.39 is 0 Å². The van der Waals surface area contributed by atoms with Crippen LogP contribution in [0.25, 0.3) is 0 Å². The second-order valence-corrected chi connectivity index (χ2v) is 3.87. The van der Waals surface area contributed by atoms with Gasteiger partial charge in [-0.3, -0.25) is 5.41 Å². The third kappa shape index (κ3) is 3.71. The minimum atomic E-state index is -0.0169. The molecule has 0 aliphatic carbocycles. The molecule has 0 aliphatic rings. The molecule has 5 heteroatoms. The van der Waals surface area contributed by atoms with Gasteiger partial charge in [-0.1, -0.05) is 0 Å². The second kappa shape index (κ2) is 6.20. The number of ether oxygens (including phenoxy) is 2. The summed E-state index contributed by atoms with van der Waals surface area (Å²) in [6.45, 7) is 4.93. The molecule has 1 heterocycles. The lowest BCUT2D eigenvalue weighted by Crippen LogP contribution is -2.17. The number of hydrogen-bond donors (Lipinski definition) is 2. The molecule has 94 valence electrons. The van der Waals surface area contributed by atoms with E-state index in [9.17, 15) is 0 Å². The van der Waals surface area contributed by atoms with Gasteiger partial charge in [0.05, 0.1) is 12.2 Å². The molecule has 0 saturated heterocycles. The van der Waals surface area contributed by atoms with Gasteiger partial charge in [0.1, 0.15) is 5.84 Å². The van der Waals surface area contributed by atoms with Gasteiger partial charge < -0.3 is 15.2 Å². The minimum Gasteiger partial charge on any atom is -0.477 e. The number of methoxy groups -OCH3 is 1. The standard InChI is InChI=1S/C12H19N3O2/c1-8-7-9(2)15-12(10(8)11(13)14)17-6-4-5-16-3/h7H,4-6H2,1-3H3,(H3,13,14). The number of nitrogens with one attached hydrogen (secondary N) is 1. The molecule has 0 amide bonds. The predicted octanol–water partition coefficient (Wildman–Crippen LogP) is 1.40. The normalized spacial score (nSPS) is 10.3. The first-order valence-corrected chi connectivity index (χ1v) is 5.50. The van der Waals surface area contributed by atoms with Crippen LogP contribution in [-0.4, -0.2) is 31.1 Å². The topological polar surface area (TPSA) is 81.2 Å². The molecular weight excluding hydrogens is 218 g/mol. The fourth-order valence-corrected chi connectivity index (χ4v) is 1.61. The van der Waals surface area contributed by atoms with Crippen molar-refractivity contribution in [3.63, 3.8) is 0 Å². The summed E-state index contributed by atoms with van der Waals surface area (Å²) in [6.07, 6.45) is 0.780. The first-order chi connectivity index (χ1) is 8.06. The van der Waals surface area contributed by atoms with E-state index in [1.54, 1.807) is 7.11 Å². The Hall–Kier alpha value is -1.62. The van der Waals surface area contributed by atoms with Crippen LogP contribution in [0.3, 0.4) is 0 Å². The molecule has 17 heavy (non-hydrogen) atoms. The molecule has 0 radical (unpaired) electrons. The van der Waals surface area contributed by atoms with E-state index in [1.807, 2.05) is 19.9 Å². The smallest absolute Gasteiger partial charge is 0.225 e. The highest BCUT2D eigenvalue weighted by atomic mass is 16.5. The molecule has 0 aromatic carbocycles. The van der Waals surface area contributed by atoms with Crippen molar-refractivity contribution < 1.29 is 9.47 Å². The van der Waals surface area contributed by atoms with Gasteiger partial charge in [-0.05, 0) is 25.5 Å². The van der Waals surface area contributed by atoms with Crippen LogP contribution < -0.4 is 10.5 Å². The summed E-state index contributed by atoms with van der Waals surface area (Å²) in [5.41, 5.74) is 7.88. The maximum atomic E-state index is 7.54. The van der Waals surface area contributed by atoms with Gasteiger partial charge in [0.2, 0.25) is 5.88 Å². The van der Waals surface area contributed by atoms with Crippen molar-refractivity contribution >= 4 is 5.84 Å². The molecule has 3 N–H and O–H groups in total. The Morgan fingerprint density at radius 1 is 1.41 bits per heavy atom. The van der Waals surface area contributed by atoms with E-state index >= 15 is 0 Å². The van der Waals surface area contributed by atoms with Crippen molar-refractivity contribution in [1.82, 2.24) is 4.98 Å². The third-order valence-electron chi connectivity index (χ3n) is 2.31. The van der Waals surface area contributed by atoms with Crippen molar-refractivity contribution in [2.45, 2.75) is 20.3 Å². The number of pyridine rings is 1. The summed E-state index contributed by atoms with van der Waals surface area (Å²) >= 11 is 0. The molecule has 0 unspecified atom stereocenters. The first kappa shape index (κ1) is 13.4. The van der Waals surface area contributed by atoms with Crippen LogP contribution in [0, 0.1) is 19.3 Å². The fourth-order valence-electron chi connectivity index (χ4n) is 1.61. The van der Waals surface area contributed by atoms with Crippen molar-refractivity contribution in [3.8, 4) is 5.88 Å². The Morgan fingerprint density at radius 2 is 2.12 bits per heavy atom. The van der Waals surface area contributed by atoms with Gasteiger partial charge in [0.25, 0.3) is 0 Å². The van der Waals surface area contributed by atoms with E-state index in [0.717, 1.165) is 17.7 Å². The number of rotatable bonds is 6. The zero-order valence-electron chi connectivity index (χ0n) is 10.5. The molecule has 1 aromatic rings. The van der Waals surface area contributed by atoms with Crippen LogP contribution in [0.5, 0.6) is 5.88 Å². The van der Waals surface area contributed by atoms with Crippen LogP contribution in [0.2, 0.25) is 0 Å². The molecule has 1 aromatic heterocycles. The van der Waals surface area contributed by atoms with E-state index in [4.69, 9.17) is 20.6 Å². The number of nitrogens with zero attached hydrogens (tertiary/aromatic N) is 1. The van der Waals surface area contributed by atoms with E-state index in [2.05, 4.69) is 4.98 Å². The van der Waals surface area contributed by atoms with Crippen LogP contribution in [0.1, 0.15) is 23.2 Å². The van der Waals surface area contributed by atoms with E-state index in [1.165, 1.54) is 0 Å². The molecule has 0 bridgehead atoms. The first-order valence-electron chi connectivity index (χ1n) is 5.50. The van der Waals surface area contributed by atoms with Crippen molar-refractivity contribution in [3.05, 3.63) is 22.9 Å². The number of hydrogen-bond acceptors (Lipinski definition) is 4. The van der Waals surface area contributed by atoms with E-state index in [0.29, 0.717) is 24.7 Å². The molecule has 1 rings (SSSR count). The second-order valence-electron chi connectivity index (χ2n) is 3.87. The van der Waals surface area contributed by atoms with Gasteiger partial charge >= 0.3 is 0 Å². The lowest BCUT2D eigenvalue weighted by atomic mass is 10.1. The third-order valence-corrected chi connectivity index (χ3v) is 2.31. The van der Waals surface area contributed by atoms with Crippen LogP contribution in [0.15, 0.2) is 6.07 Å². The van der Waals surface area contributed by atoms with Crippen molar-refractivity contribution in [2.75, 3.05) is 20.3 Å². The Morgan fingerprint density at radius 3 is 2.71 bits per heavy atom. The minimum absolute atomic E-state index is 0.0169. The quantitative estimate of drug-likeness (QED) is 0.445. The van der Waals surface area contributed by atoms with Gasteiger partial charge in [-0.15, -0.1) is 0 Å². The van der Waals surface area contributed by atoms with Crippen molar-refractivity contribution in [2.24, 2.45) is 5.73 Å². The molecule has 5 nitrogen and oxygen atoms in total. The largest absolute Gasteiger partial charge is 0.477 e. The number of nitrogen functional groups attached to an aromatic ring is 1. The summed E-state index contributed by atoms with van der Waals surface area (Å²) in [5, 5.41) is 7.54. The van der Waals surface area contributed by atoms with Crippen LogP contribution in [-0.2, 0) is 4.74 Å². The summed E-state index contributed by atoms with van der Waals surface area (Å²) in [6, 6.07) is 1.89. The Balaban J connectivity index is 2.85. The lowest BCUT2D eigenvalue weighted by Gasteiger charge is -2.12. The van der Waals surface area contributed by atoms with Gasteiger partial charge in [0.15, 0.2) is 0 Å². The van der Waals surface area contributed by atoms with Crippen molar-refractivity contribution in [1.29, 1.82) is 5.41 Å². The Kier molecular flexibility index (Phi) is 4.90.